The second-order valence-corrected chi connectivity index (χ2v) is 6.02. The first-order valence-corrected chi connectivity index (χ1v) is 7.53. The third-order valence-corrected chi connectivity index (χ3v) is 4.68. The molecule has 0 saturated heterocycles. The maximum Gasteiger partial charge on any atom is 0.309 e. The third-order valence-electron chi connectivity index (χ3n) is 4.68. The topological polar surface area (TPSA) is 63.6 Å². The predicted molar refractivity (Wildman–Crippen MR) is 70.5 cm³/mol. The molecule has 4 unspecified atom stereocenters. The molecule has 0 radical (unpaired) electrons. The van der Waals surface area contributed by atoms with E-state index in [9.17, 15) is 9.59 Å². The molecule has 2 aliphatic carbocycles. The van der Waals surface area contributed by atoms with Gasteiger partial charge in [0.2, 0.25) is 0 Å². The van der Waals surface area contributed by atoms with Gasteiger partial charge in [-0.15, -0.1) is 0 Å². The summed E-state index contributed by atoms with van der Waals surface area (Å²) in [6, 6.07) is 0. The summed E-state index contributed by atoms with van der Waals surface area (Å²) in [5.74, 6) is -0.945. The van der Waals surface area contributed by atoms with Crippen LogP contribution in [0.5, 0.6) is 0 Å². The minimum absolute atomic E-state index is 0.0191. The summed E-state index contributed by atoms with van der Waals surface area (Å²) in [5.41, 5.74) is 0. The highest BCUT2D eigenvalue weighted by Gasteiger charge is 2.52. The molecule has 1 N–H and O–H groups in total. The van der Waals surface area contributed by atoms with Crippen LogP contribution in [0.2, 0.25) is 0 Å². The second-order valence-electron chi connectivity index (χ2n) is 6.02. The SMILES string of the molecule is CCCCCCOC(=O)C1CC2CC(C(=O)O)C1C2. The van der Waals surface area contributed by atoms with Crippen LogP contribution in [0.25, 0.3) is 0 Å². The molecule has 0 aromatic carbocycles. The van der Waals surface area contributed by atoms with Crippen molar-refractivity contribution in [2.45, 2.75) is 51.9 Å². The molecule has 4 nitrogen and oxygen atoms in total. The monoisotopic (exact) mass is 268 g/mol. The van der Waals surface area contributed by atoms with E-state index in [4.69, 9.17) is 9.84 Å². The normalized spacial score (nSPS) is 32.5. The number of carbonyl (C=O) groups excluding carboxylic acids is 1. The Labute approximate surface area is 114 Å². The van der Waals surface area contributed by atoms with Crippen molar-refractivity contribution in [3.05, 3.63) is 0 Å². The van der Waals surface area contributed by atoms with E-state index in [-0.39, 0.29) is 23.7 Å². The lowest BCUT2D eigenvalue weighted by molar-refractivity contribution is -0.154. The standard InChI is InChI=1S/C15H24O4/c1-2-3-4-5-6-19-15(18)13-9-10-7-11(13)12(8-10)14(16)17/h10-13H,2-9H2,1H3,(H,16,17). The third kappa shape index (κ3) is 3.28. The van der Waals surface area contributed by atoms with E-state index in [1.807, 2.05) is 0 Å². The molecular weight excluding hydrogens is 244 g/mol. The van der Waals surface area contributed by atoms with E-state index in [0.29, 0.717) is 12.5 Å². The van der Waals surface area contributed by atoms with Gasteiger partial charge in [-0.3, -0.25) is 9.59 Å². The molecule has 2 fully saturated rings. The zero-order valence-corrected chi connectivity index (χ0v) is 11.6. The van der Waals surface area contributed by atoms with Crippen LogP contribution >= 0.6 is 0 Å². The van der Waals surface area contributed by atoms with Crippen molar-refractivity contribution >= 4 is 11.9 Å². The molecule has 108 valence electrons. The summed E-state index contributed by atoms with van der Waals surface area (Å²) in [6.07, 6.45) is 6.84. The molecule has 4 heteroatoms. The Kier molecular flexibility index (Phi) is 4.83. The van der Waals surface area contributed by atoms with Gasteiger partial charge in [0.25, 0.3) is 0 Å². The van der Waals surface area contributed by atoms with Gasteiger partial charge in [0.15, 0.2) is 0 Å². The lowest BCUT2D eigenvalue weighted by atomic mass is 9.80. The Morgan fingerprint density at radius 3 is 2.47 bits per heavy atom. The summed E-state index contributed by atoms with van der Waals surface area (Å²) < 4.78 is 5.32. The first kappa shape index (κ1) is 14.4. The van der Waals surface area contributed by atoms with E-state index in [1.165, 1.54) is 12.8 Å². The number of fused-ring (bicyclic) bond motifs is 2. The van der Waals surface area contributed by atoms with Crippen LogP contribution < -0.4 is 0 Å². The number of carboxylic acid groups (broad SMARTS) is 1. The Balaban J connectivity index is 1.76. The largest absolute Gasteiger partial charge is 0.481 e. The van der Waals surface area contributed by atoms with Crippen molar-refractivity contribution < 1.29 is 19.4 Å². The quantitative estimate of drug-likeness (QED) is 0.569. The average molecular weight is 268 g/mol. The summed E-state index contributed by atoms with van der Waals surface area (Å²) >= 11 is 0. The number of rotatable bonds is 7. The van der Waals surface area contributed by atoms with E-state index < -0.39 is 5.97 Å². The van der Waals surface area contributed by atoms with E-state index in [1.54, 1.807) is 0 Å². The highest BCUT2D eigenvalue weighted by Crippen LogP contribution is 2.52. The molecule has 0 heterocycles. The average Bonchev–Trinajstić information content (AvgIpc) is 2.98. The van der Waals surface area contributed by atoms with Gasteiger partial charge in [-0.05, 0) is 37.5 Å². The van der Waals surface area contributed by atoms with Crippen molar-refractivity contribution in [3.8, 4) is 0 Å². The Morgan fingerprint density at radius 2 is 1.84 bits per heavy atom. The maximum atomic E-state index is 12.0. The lowest BCUT2D eigenvalue weighted by Crippen LogP contribution is -2.32. The Hall–Kier alpha value is -1.06. The summed E-state index contributed by atoms with van der Waals surface area (Å²) in [7, 11) is 0. The highest BCUT2D eigenvalue weighted by atomic mass is 16.5. The number of unbranched alkanes of at least 4 members (excludes halogenated alkanes) is 3. The lowest BCUT2D eigenvalue weighted by Gasteiger charge is -2.25. The second kappa shape index (κ2) is 6.40. The molecular formula is C15H24O4. The summed E-state index contributed by atoms with van der Waals surface area (Å²) in [4.78, 5) is 23.2. The first-order chi connectivity index (χ1) is 9.13. The molecule has 0 spiro atoms. The molecule has 0 aromatic heterocycles. The number of ether oxygens (including phenoxy) is 1. The highest BCUT2D eigenvalue weighted by molar-refractivity contribution is 5.77. The summed E-state index contributed by atoms with van der Waals surface area (Å²) in [6.45, 7) is 2.64. The number of hydrogen-bond acceptors (Lipinski definition) is 3. The van der Waals surface area contributed by atoms with Gasteiger partial charge in [-0.2, -0.15) is 0 Å². The molecule has 19 heavy (non-hydrogen) atoms. The van der Waals surface area contributed by atoms with Crippen LogP contribution in [-0.4, -0.2) is 23.7 Å². The molecule has 2 aliphatic rings. The van der Waals surface area contributed by atoms with E-state index >= 15 is 0 Å². The number of hydrogen-bond donors (Lipinski definition) is 1. The van der Waals surface area contributed by atoms with Crippen LogP contribution in [0, 0.1) is 23.7 Å². The minimum Gasteiger partial charge on any atom is -0.481 e. The van der Waals surface area contributed by atoms with Gasteiger partial charge < -0.3 is 9.84 Å². The van der Waals surface area contributed by atoms with E-state index in [0.717, 1.165) is 32.1 Å². The molecule has 0 aliphatic heterocycles. The van der Waals surface area contributed by atoms with Gasteiger partial charge in [0.05, 0.1) is 18.4 Å². The van der Waals surface area contributed by atoms with Crippen molar-refractivity contribution in [2.24, 2.45) is 23.7 Å². The fourth-order valence-corrected chi connectivity index (χ4v) is 3.71. The summed E-state index contributed by atoms with van der Waals surface area (Å²) in [5, 5.41) is 9.16. The van der Waals surface area contributed by atoms with Crippen LogP contribution in [0.4, 0.5) is 0 Å². The Morgan fingerprint density at radius 1 is 1.11 bits per heavy atom. The molecule has 0 amide bonds. The zero-order valence-electron chi connectivity index (χ0n) is 11.6. The fourth-order valence-electron chi connectivity index (χ4n) is 3.71. The van der Waals surface area contributed by atoms with Gasteiger partial charge >= 0.3 is 11.9 Å². The predicted octanol–water partition coefficient (Wildman–Crippen LogP) is 2.86. The van der Waals surface area contributed by atoms with Gasteiger partial charge in [0, 0.05) is 0 Å². The van der Waals surface area contributed by atoms with Crippen LogP contribution in [0.15, 0.2) is 0 Å². The van der Waals surface area contributed by atoms with Crippen LogP contribution in [-0.2, 0) is 14.3 Å². The van der Waals surface area contributed by atoms with Crippen LogP contribution in [0.1, 0.15) is 51.9 Å². The molecule has 0 aromatic rings. The van der Waals surface area contributed by atoms with Gasteiger partial charge in [-0.1, -0.05) is 26.2 Å². The molecule has 4 atom stereocenters. The number of carboxylic acids is 1. The van der Waals surface area contributed by atoms with Crippen LogP contribution in [0.3, 0.4) is 0 Å². The van der Waals surface area contributed by atoms with Crippen molar-refractivity contribution in [1.82, 2.24) is 0 Å². The molecule has 2 rings (SSSR count). The van der Waals surface area contributed by atoms with Crippen molar-refractivity contribution in [2.75, 3.05) is 6.61 Å². The minimum atomic E-state index is -0.743. The maximum absolute atomic E-state index is 12.0. The smallest absolute Gasteiger partial charge is 0.309 e. The number of esters is 1. The Bertz CT molecular complexity index is 339. The van der Waals surface area contributed by atoms with Crippen molar-refractivity contribution in [3.63, 3.8) is 0 Å². The molecule has 2 bridgehead atoms. The number of aliphatic carboxylic acids is 1. The molecule has 2 saturated carbocycles. The zero-order chi connectivity index (χ0) is 13.8. The van der Waals surface area contributed by atoms with Crippen molar-refractivity contribution in [1.29, 1.82) is 0 Å². The first-order valence-electron chi connectivity index (χ1n) is 7.53. The van der Waals surface area contributed by atoms with Gasteiger partial charge in [-0.25, -0.2) is 0 Å². The fraction of sp³-hybridized carbons (Fsp3) is 0.867. The van der Waals surface area contributed by atoms with E-state index in [2.05, 4.69) is 6.92 Å². The number of carbonyl (C=O) groups is 2. The van der Waals surface area contributed by atoms with Gasteiger partial charge in [0.1, 0.15) is 0 Å².